The fraction of sp³-hybridized carbons (Fsp3) is 0.286. The van der Waals surface area contributed by atoms with E-state index in [1.807, 2.05) is 0 Å². The van der Waals surface area contributed by atoms with Gasteiger partial charge in [-0.15, -0.1) is 0 Å². The van der Waals surface area contributed by atoms with Crippen molar-refractivity contribution in [3.05, 3.63) is 48.0 Å². The van der Waals surface area contributed by atoms with Gasteiger partial charge in [0.15, 0.2) is 11.5 Å². The van der Waals surface area contributed by atoms with Gasteiger partial charge in [-0.25, -0.2) is 9.59 Å². The molecule has 2 heterocycles. The number of carbonyl (C=O) groups is 3. The number of amides is 3. The van der Waals surface area contributed by atoms with Crippen molar-refractivity contribution in [1.82, 2.24) is 4.90 Å². The molecule has 4 rings (SSSR count). The van der Waals surface area contributed by atoms with Crippen LogP contribution in [-0.4, -0.2) is 62.8 Å². The summed E-state index contributed by atoms with van der Waals surface area (Å²) in [5, 5.41) is 2.68. The van der Waals surface area contributed by atoms with Crippen molar-refractivity contribution in [1.29, 1.82) is 0 Å². The third-order valence-corrected chi connectivity index (χ3v) is 4.87. The summed E-state index contributed by atoms with van der Waals surface area (Å²) in [6.45, 7) is 1.68. The molecule has 2 aromatic rings. The van der Waals surface area contributed by atoms with Crippen LogP contribution < -0.4 is 19.7 Å². The van der Waals surface area contributed by atoms with Gasteiger partial charge in [0.05, 0.1) is 18.4 Å². The van der Waals surface area contributed by atoms with Crippen molar-refractivity contribution >= 4 is 29.3 Å². The van der Waals surface area contributed by atoms with Crippen molar-refractivity contribution in [3.63, 3.8) is 0 Å². The molecule has 0 saturated carbocycles. The van der Waals surface area contributed by atoms with Crippen molar-refractivity contribution in [3.8, 4) is 11.5 Å². The van der Waals surface area contributed by atoms with Crippen LogP contribution in [0.1, 0.15) is 10.4 Å². The second-order valence-corrected chi connectivity index (χ2v) is 6.77. The van der Waals surface area contributed by atoms with Gasteiger partial charge < -0.3 is 24.4 Å². The van der Waals surface area contributed by atoms with Gasteiger partial charge in [0.1, 0.15) is 19.8 Å². The molecular weight excluding hydrogens is 390 g/mol. The Balaban J connectivity index is 1.41. The van der Waals surface area contributed by atoms with E-state index >= 15 is 0 Å². The number of carbonyl (C=O) groups excluding carboxylic acids is 3. The quantitative estimate of drug-likeness (QED) is 0.757. The molecule has 0 aliphatic carbocycles. The lowest BCUT2D eigenvalue weighted by Crippen LogP contribution is -2.37. The lowest BCUT2D eigenvalue weighted by atomic mass is 10.2. The first kappa shape index (κ1) is 19.6. The summed E-state index contributed by atoms with van der Waals surface area (Å²) >= 11 is 0. The zero-order chi connectivity index (χ0) is 21.1. The third-order valence-electron chi connectivity index (χ3n) is 4.87. The van der Waals surface area contributed by atoms with Gasteiger partial charge in [-0.1, -0.05) is 12.1 Å². The molecule has 0 atom stereocenters. The number of methoxy groups -OCH3 is 1. The average Bonchev–Trinajstić information content (AvgIpc) is 3.13. The SMILES string of the molecule is COC(=O)c1ccccc1NC(=O)CN1CCN(c2ccc3c(c2)OCCO3)C1=O. The van der Waals surface area contributed by atoms with Crippen LogP contribution in [0.25, 0.3) is 0 Å². The molecule has 3 amide bonds. The predicted octanol–water partition coefficient (Wildman–Crippen LogP) is 2.13. The number of benzene rings is 2. The summed E-state index contributed by atoms with van der Waals surface area (Å²) in [5.74, 6) is 0.302. The lowest BCUT2D eigenvalue weighted by molar-refractivity contribution is -0.116. The highest BCUT2D eigenvalue weighted by molar-refractivity contribution is 6.03. The van der Waals surface area contributed by atoms with E-state index in [2.05, 4.69) is 5.32 Å². The zero-order valence-electron chi connectivity index (χ0n) is 16.4. The molecule has 1 saturated heterocycles. The first-order valence-electron chi connectivity index (χ1n) is 9.50. The lowest BCUT2D eigenvalue weighted by Gasteiger charge is -2.22. The van der Waals surface area contributed by atoms with Gasteiger partial charge in [-0.05, 0) is 24.3 Å². The molecule has 0 unspecified atom stereocenters. The maximum atomic E-state index is 12.8. The Bertz CT molecular complexity index is 992. The molecule has 0 spiro atoms. The smallest absolute Gasteiger partial charge is 0.339 e. The largest absolute Gasteiger partial charge is 0.486 e. The van der Waals surface area contributed by atoms with Crippen LogP contribution in [0.2, 0.25) is 0 Å². The van der Waals surface area contributed by atoms with Gasteiger partial charge >= 0.3 is 12.0 Å². The number of hydrogen-bond acceptors (Lipinski definition) is 6. The number of urea groups is 1. The normalized spacial score (nSPS) is 15.2. The highest BCUT2D eigenvalue weighted by Gasteiger charge is 2.31. The van der Waals surface area contributed by atoms with Crippen molar-refractivity contribution in [2.24, 2.45) is 0 Å². The minimum atomic E-state index is -0.548. The van der Waals surface area contributed by atoms with Gasteiger partial charge in [-0.2, -0.15) is 0 Å². The fourth-order valence-electron chi connectivity index (χ4n) is 3.41. The Kier molecular flexibility index (Phi) is 5.42. The summed E-state index contributed by atoms with van der Waals surface area (Å²) in [7, 11) is 1.27. The highest BCUT2D eigenvalue weighted by atomic mass is 16.6. The molecule has 1 fully saturated rings. The number of ether oxygens (including phenoxy) is 3. The van der Waals surface area contributed by atoms with E-state index < -0.39 is 11.9 Å². The maximum absolute atomic E-state index is 12.8. The van der Waals surface area contributed by atoms with E-state index in [4.69, 9.17) is 14.2 Å². The van der Waals surface area contributed by atoms with E-state index in [1.54, 1.807) is 47.4 Å². The number of nitrogens with one attached hydrogen (secondary N) is 1. The Morgan fingerprint density at radius 2 is 1.83 bits per heavy atom. The van der Waals surface area contributed by atoms with Crippen LogP contribution >= 0.6 is 0 Å². The standard InChI is InChI=1S/C21H21N3O6/c1-28-20(26)15-4-2-3-5-16(15)22-19(25)13-23-8-9-24(21(23)27)14-6-7-17-18(12-14)30-11-10-29-17/h2-7,12H,8-11,13H2,1H3,(H,22,25). The Labute approximate surface area is 173 Å². The first-order chi connectivity index (χ1) is 14.6. The maximum Gasteiger partial charge on any atom is 0.339 e. The van der Waals surface area contributed by atoms with Crippen LogP contribution in [-0.2, 0) is 9.53 Å². The molecule has 156 valence electrons. The van der Waals surface area contributed by atoms with Crippen LogP contribution in [0.4, 0.5) is 16.2 Å². The van der Waals surface area contributed by atoms with E-state index in [9.17, 15) is 14.4 Å². The van der Waals surface area contributed by atoms with Crippen LogP contribution in [0.15, 0.2) is 42.5 Å². The number of esters is 1. The summed E-state index contributed by atoms with van der Waals surface area (Å²) in [4.78, 5) is 40.2. The van der Waals surface area contributed by atoms with Crippen LogP contribution in [0, 0.1) is 0 Å². The molecule has 9 heteroatoms. The molecular formula is C21H21N3O6. The highest BCUT2D eigenvalue weighted by Crippen LogP contribution is 2.35. The van der Waals surface area contributed by atoms with E-state index in [1.165, 1.54) is 12.0 Å². The van der Waals surface area contributed by atoms with Gasteiger partial charge in [-0.3, -0.25) is 9.69 Å². The number of fused-ring (bicyclic) bond motifs is 1. The number of rotatable bonds is 5. The molecule has 2 aromatic carbocycles. The van der Waals surface area contributed by atoms with Crippen LogP contribution in [0.5, 0.6) is 11.5 Å². The second-order valence-electron chi connectivity index (χ2n) is 6.77. The van der Waals surface area contributed by atoms with Crippen LogP contribution in [0.3, 0.4) is 0 Å². The Morgan fingerprint density at radius 3 is 2.63 bits per heavy atom. The zero-order valence-corrected chi connectivity index (χ0v) is 16.4. The summed E-state index contributed by atoms with van der Waals surface area (Å²) in [6, 6.07) is 11.6. The molecule has 30 heavy (non-hydrogen) atoms. The molecule has 0 aromatic heterocycles. The van der Waals surface area contributed by atoms with Gasteiger partial charge in [0.25, 0.3) is 0 Å². The molecule has 1 N–H and O–H groups in total. The summed E-state index contributed by atoms with van der Waals surface area (Å²) in [6.07, 6.45) is 0. The molecule has 9 nitrogen and oxygen atoms in total. The topological polar surface area (TPSA) is 97.4 Å². The van der Waals surface area contributed by atoms with Crippen molar-refractivity contribution < 1.29 is 28.6 Å². The Morgan fingerprint density at radius 1 is 1.07 bits per heavy atom. The fourth-order valence-corrected chi connectivity index (χ4v) is 3.41. The van der Waals surface area contributed by atoms with E-state index in [-0.39, 0.29) is 18.1 Å². The summed E-state index contributed by atoms with van der Waals surface area (Å²) in [5.41, 5.74) is 1.27. The van der Waals surface area contributed by atoms with Gasteiger partial charge in [0, 0.05) is 24.8 Å². The number of nitrogens with zero attached hydrogens (tertiary/aromatic N) is 2. The monoisotopic (exact) mass is 411 g/mol. The van der Waals surface area contributed by atoms with E-state index in [0.29, 0.717) is 49.2 Å². The first-order valence-corrected chi connectivity index (χ1v) is 9.50. The summed E-state index contributed by atoms with van der Waals surface area (Å²) < 4.78 is 15.8. The van der Waals surface area contributed by atoms with Crippen molar-refractivity contribution in [2.45, 2.75) is 0 Å². The number of anilines is 2. The van der Waals surface area contributed by atoms with E-state index in [0.717, 1.165) is 0 Å². The van der Waals surface area contributed by atoms with Gasteiger partial charge in [0.2, 0.25) is 5.91 Å². The third kappa shape index (κ3) is 3.86. The van der Waals surface area contributed by atoms with Crippen molar-refractivity contribution in [2.75, 3.05) is 50.2 Å². The second kappa shape index (κ2) is 8.32. The minimum absolute atomic E-state index is 0.130. The number of para-hydroxylation sites is 1. The predicted molar refractivity (Wildman–Crippen MR) is 108 cm³/mol. The molecule has 0 radical (unpaired) electrons. The number of hydrogen-bond donors (Lipinski definition) is 1. The Hall–Kier alpha value is -3.75. The minimum Gasteiger partial charge on any atom is -0.486 e. The molecule has 2 aliphatic heterocycles. The molecule has 0 bridgehead atoms. The average molecular weight is 411 g/mol. The molecule has 2 aliphatic rings.